The van der Waals surface area contributed by atoms with Crippen LogP contribution < -0.4 is 10.6 Å². The van der Waals surface area contributed by atoms with Crippen LogP contribution in [0.5, 0.6) is 0 Å². The Morgan fingerprint density at radius 2 is 2.46 bits per heavy atom. The number of nitrogens with one attached hydrogen (secondary N) is 2. The summed E-state index contributed by atoms with van der Waals surface area (Å²) in [6.45, 7) is 4.17. The van der Waals surface area contributed by atoms with Crippen LogP contribution in [0.4, 0.5) is 0 Å². The van der Waals surface area contributed by atoms with E-state index in [2.05, 4.69) is 17.2 Å². The summed E-state index contributed by atoms with van der Waals surface area (Å²) >= 11 is 0. The van der Waals surface area contributed by atoms with Crippen molar-refractivity contribution in [1.82, 2.24) is 10.6 Å². The molecular weight excluding hydrogens is 164 g/mol. The molecule has 0 aromatic rings. The van der Waals surface area contributed by atoms with Crippen molar-refractivity contribution in [3.05, 3.63) is 12.7 Å². The molecule has 2 aliphatic rings. The quantitative estimate of drug-likeness (QED) is 0.618. The van der Waals surface area contributed by atoms with Crippen molar-refractivity contribution in [2.45, 2.75) is 31.3 Å². The van der Waals surface area contributed by atoms with Crippen molar-refractivity contribution in [1.29, 1.82) is 0 Å². The van der Waals surface area contributed by atoms with Gasteiger partial charge in [0.2, 0.25) is 5.91 Å². The summed E-state index contributed by atoms with van der Waals surface area (Å²) < 4.78 is 0. The van der Waals surface area contributed by atoms with Gasteiger partial charge < -0.3 is 10.6 Å². The van der Waals surface area contributed by atoms with Crippen LogP contribution in [0, 0.1) is 5.92 Å². The van der Waals surface area contributed by atoms with Crippen LogP contribution in [0.25, 0.3) is 0 Å². The number of fused-ring (bicyclic) bond motifs is 2. The van der Waals surface area contributed by atoms with E-state index in [1.54, 1.807) is 6.08 Å². The van der Waals surface area contributed by atoms with Crippen molar-refractivity contribution in [3.63, 3.8) is 0 Å². The Morgan fingerprint density at radius 3 is 3.00 bits per heavy atom. The van der Waals surface area contributed by atoms with Crippen LogP contribution in [0.3, 0.4) is 0 Å². The normalized spacial score (nSPS) is 36.2. The lowest BCUT2D eigenvalue weighted by Crippen LogP contribution is -2.37. The molecule has 0 radical (unpaired) electrons. The first kappa shape index (κ1) is 8.75. The number of rotatable bonds is 3. The van der Waals surface area contributed by atoms with E-state index in [9.17, 15) is 4.79 Å². The van der Waals surface area contributed by atoms with Gasteiger partial charge in [-0.15, -0.1) is 6.58 Å². The Morgan fingerprint density at radius 1 is 1.62 bits per heavy atom. The van der Waals surface area contributed by atoms with Crippen LogP contribution >= 0.6 is 0 Å². The molecule has 2 aliphatic heterocycles. The van der Waals surface area contributed by atoms with E-state index in [-0.39, 0.29) is 11.8 Å². The van der Waals surface area contributed by atoms with Crippen LogP contribution in [0.1, 0.15) is 19.3 Å². The number of carbonyl (C=O) groups is 1. The highest BCUT2D eigenvalue weighted by atomic mass is 16.1. The van der Waals surface area contributed by atoms with Crippen molar-refractivity contribution < 1.29 is 4.79 Å². The standard InChI is InChI=1S/C10H16N2O/c1-2-5-11-10(13)8-6-7-3-4-9(8)12-7/h2,7-9,12H,1,3-6H2,(H,11,13). The minimum absolute atomic E-state index is 0.194. The van der Waals surface area contributed by atoms with E-state index >= 15 is 0 Å². The molecule has 2 heterocycles. The van der Waals surface area contributed by atoms with Crippen LogP contribution in [-0.4, -0.2) is 24.5 Å². The van der Waals surface area contributed by atoms with Gasteiger partial charge in [-0.05, 0) is 19.3 Å². The van der Waals surface area contributed by atoms with E-state index in [0.717, 1.165) is 12.8 Å². The monoisotopic (exact) mass is 180 g/mol. The molecular formula is C10H16N2O. The van der Waals surface area contributed by atoms with Crippen molar-refractivity contribution in [2.75, 3.05) is 6.54 Å². The molecule has 13 heavy (non-hydrogen) atoms. The predicted molar refractivity (Wildman–Crippen MR) is 51.3 cm³/mol. The van der Waals surface area contributed by atoms with Gasteiger partial charge in [0, 0.05) is 18.6 Å². The SMILES string of the molecule is C=CCNC(=O)C1CC2CCC1N2. The minimum atomic E-state index is 0.194. The Labute approximate surface area is 78.6 Å². The molecule has 2 saturated heterocycles. The van der Waals surface area contributed by atoms with Gasteiger partial charge in [-0.3, -0.25) is 4.79 Å². The van der Waals surface area contributed by atoms with Crippen LogP contribution in [0.2, 0.25) is 0 Å². The number of hydrogen-bond donors (Lipinski definition) is 2. The molecule has 3 atom stereocenters. The summed E-state index contributed by atoms with van der Waals surface area (Å²) in [6, 6.07) is 1.04. The molecule has 1 amide bonds. The van der Waals surface area contributed by atoms with E-state index in [1.807, 2.05) is 0 Å². The number of hydrogen-bond acceptors (Lipinski definition) is 2. The lowest BCUT2D eigenvalue weighted by molar-refractivity contribution is -0.125. The first-order chi connectivity index (χ1) is 6.31. The molecule has 0 aromatic carbocycles. The largest absolute Gasteiger partial charge is 0.352 e. The molecule has 72 valence electrons. The maximum absolute atomic E-state index is 11.6. The second-order valence-electron chi connectivity index (χ2n) is 3.92. The lowest BCUT2D eigenvalue weighted by atomic mass is 9.88. The second kappa shape index (κ2) is 3.50. The molecule has 2 bridgehead atoms. The zero-order chi connectivity index (χ0) is 9.26. The van der Waals surface area contributed by atoms with Gasteiger partial charge in [-0.1, -0.05) is 6.08 Å². The van der Waals surface area contributed by atoms with Crippen molar-refractivity contribution in [2.24, 2.45) is 5.92 Å². The van der Waals surface area contributed by atoms with Crippen molar-refractivity contribution >= 4 is 5.91 Å². The van der Waals surface area contributed by atoms with Gasteiger partial charge in [0.05, 0.1) is 5.92 Å². The Hall–Kier alpha value is -0.830. The van der Waals surface area contributed by atoms with Gasteiger partial charge in [-0.2, -0.15) is 0 Å². The zero-order valence-corrected chi connectivity index (χ0v) is 7.75. The fourth-order valence-corrected chi connectivity index (χ4v) is 2.42. The Bertz CT molecular complexity index is 227. The molecule has 0 aliphatic carbocycles. The third kappa shape index (κ3) is 1.61. The van der Waals surface area contributed by atoms with E-state index < -0.39 is 0 Å². The predicted octanol–water partition coefficient (Wildman–Crippen LogP) is 0.429. The topological polar surface area (TPSA) is 41.1 Å². The molecule has 2 N–H and O–H groups in total. The molecule has 2 fully saturated rings. The molecule has 2 rings (SSSR count). The Kier molecular flexibility index (Phi) is 2.36. The first-order valence-electron chi connectivity index (χ1n) is 4.96. The van der Waals surface area contributed by atoms with Gasteiger partial charge in [0.1, 0.15) is 0 Å². The highest BCUT2D eigenvalue weighted by molar-refractivity contribution is 5.80. The summed E-state index contributed by atoms with van der Waals surface area (Å²) in [5.41, 5.74) is 0. The average Bonchev–Trinajstić information content (AvgIpc) is 2.74. The first-order valence-corrected chi connectivity index (χ1v) is 4.96. The molecule has 3 unspecified atom stereocenters. The maximum Gasteiger partial charge on any atom is 0.224 e. The average molecular weight is 180 g/mol. The van der Waals surface area contributed by atoms with Gasteiger partial charge in [-0.25, -0.2) is 0 Å². The highest BCUT2D eigenvalue weighted by Crippen LogP contribution is 2.33. The Balaban J connectivity index is 1.87. The van der Waals surface area contributed by atoms with E-state index in [4.69, 9.17) is 0 Å². The summed E-state index contributed by atoms with van der Waals surface area (Å²) in [4.78, 5) is 11.6. The summed E-state index contributed by atoms with van der Waals surface area (Å²) in [7, 11) is 0. The second-order valence-corrected chi connectivity index (χ2v) is 3.92. The summed E-state index contributed by atoms with van der Waals surface area (Å²) in [5.74, 6) is 0.401. The molecule has 3 nitrogen and oxygen atoms in total. The summed E-state index contributed by atoms with van der Waals surface area (Å²) in [5, 5.41) is 6.31. The van der Waals surface area contributed by atoms with E-state index in [1.165, 1.54) is 6.42 Å². The fourth-order valence-electron chi connectivity index (χ4n) is 2.42. The smallest absolute Gasteiger partial charge is 0.224 e. The lowest BCUT2D eigenvalue weighted by Gasteiger charge is -2.18. The van der Waals surface area contributed by atoms with Crippen LogP contribution in [0.15, 0.2) is 12.7 Å². The molecule has 0 spiro atoms. The van der Waals surface area contributed by atoms with Crippen molar-refractivity contribution in [3.8, 4) is 0 Å². The maximum atomic E-state index is 11.6. The van der Waals surface area contributed by atoms with Crippen LogP contribution in [-0.2, 0) is 4.79 Å². The van der Waals surface area contributed by atoms with E-state index in [0.29, 0.717) is 18.6 Å². The fraction of sp³-hybridized carbons (Fsp3) is 0.700. The third-order valence-electron chi connectivity index (χ3n) is 3.06. The molecule has 0 saturated carbocycles. The molecule has 3 heteroatoms. The zero-order valence-electron chi connectivity index (χ0n) is 7.75. The molecule has 0 aromatic heterocycles. The minimum Gasteiger partial charge on any atom is -0.352 e. The van der Waals surface area contributed by atoms with Gasteiger partial charge in [0.25, 0.3) is 0 Å². The summed E-state index contributed by atoms with van der Waals surface area (Å²) in [6.07, 6.45) is 5.15. The number of amides is 1. The number of carbonyl (C=O) groups excluding carboxylic acids is 1. The third-order valence-corrected chi connectivity index (χ3v) is 3.06. The van der Waals surface area contributed by atoms with Gasteiger partial charge >= 0.3 is 0 Å². The highest BCUT2D eigenvalue weighted by Gasteiger charge is 2.42. The van der Waals surface area contributed by atoms with Gasteiger partial charge in [0.15, 0.2) is 0 Å².